The van der Waals surface area contributed by atoms with Crippen LogP contribution in [0.2, 0.25) is 0 Å². The van der Waals surface area contributed by atoms with Gasteiger partial charge in [0.2, 0.25) is 0 Å². The van der Waals surface area contributed by atoms with Gasteiger partial charge in [-0.25, -0.2) is 0 Å². The van der Waals surface area contributed by atoms with E-state index >= 15 is 0 Å². The minimum absolute atomic E-state index is 0.337. The lowest BCUT2D eigenvalue weighted by Crippen LogP contribution is -2.33. The van der Waals surface area contributed by atoms with E-state index in [0.29, 0.717) is 12.0 Å². The maximum atomic E-state index is 5.52. The Morgan fingerprint density at radius 2 is 1.59 bits per heavy atom. The second kappa shape index (κ2) is 8.41. The predicted octanol–water partition coefficient (Wildman–Crippen LogP) is 5.33. The number of aryl methyl sites for hydroxylation is 1. The van der Waals surface area contributed by atoms with Crippen LogP contribution in [0.5, 0.6) is 5.75 Å². The molecule has 0 saturated carbocycles. The van der Waals surface area contributed by atoms with Gasteiger partial charge in [-0.15, -0.1) is 0 Å². The van der Waals surface area contributed by atoms with E-state index in [1.54, 1.807) is 7.11 Å². The molecule has 3 aromatic carbocycles. The standard InChI is InChI=1S/C25H27NO/c1-27-23-15-14-21-12-13-22(16-19-8-4-2-5-9-19)25(24(21)17-23)26-18-20-10-6-3-7-11-20/h2-11,14-15,17,22,25-26H,12-13,16,18H2,1H3. The molecule has 2 nitrogen and oxygen atoms in total. The Labute approximate surface area is 162 Å². The van der Waals surface area contributed by atoms with Crippen LogP contribution >= 0.6 is 0 Å². The van der Waals surface area contributed by atoms with Crippen molar-refractivity contribution in [2.45, 2.75) is 31.8 Å². The summed E-state index contributed by atoms with van der Waals surface area (Å²) in [6.45, 7) is 0.882. The number of ether oxygens (including phenoxy) is 1. The summed E-state index contributed by atoms with van der Waals surface area (Å²) in [5.74, 6) is 1.52. The first-order chi connectivity index (χ1) is 13.3. The lowest BCUT2D eigenvalue weighted by Gasteiger charge is -2.35. The number of hydrogen-bond donors (Lipinski definition) is 1. The van der Waals surface area contributed by atoms with Crippen LogP contribution in [0.15, 0.2) is 78.9 Å². The highest BCUT2D eigenvalue weighted by atomic mass is 16.5. The highest BCUT2D eigenvalue weighted by Gasteiger charge is 2.29. The van der Waals surface area contributed by atoms with Crippen molar-refractivity contribution in [3.63, 3.8) is 0 Å². The fraction of sp³-hybridized carbons (Fsp3) is 0.280. The van der Waals surface area contributed by atoms with Crippen molar-refractivity contribution in [1.29, 1.82) is 0 Å². The van der Waals surface area contributed by atoms with Crippen LogP contribution in [-0.2, 0) is 19.4 Å². The number of hydrogen-bond acceptors (Lipinski definition) is 2. The molecule has 3 aromatic rings. The van der Waals surface area contributed by atoms with Crippen LogP contribution in [0.1, 0.15) is 34.7 Å². The summed E-state index contributed by atoms with van der Waals surface area (Å²) in [7, 11) is 1.75. The zero-order valence-corrected chi connectivity index (χ0v) is 15.9. The molecule has 0 spiro atoms. The van der Waals surface area contributed by atoms with E-state index in [2.05, 4.69) is 84.2 Å². The summed E-state index contributed by atoms with van der Waals surface area (Å²) in [4.78, 5) is 0. The molecule has 2 unspecified atom stereocenters. The fourth-order valence-corrected chi connectivity index (χ4v) is 4.22. The first-order valence-corrected chi connectivity index (χ1v) is 9.81. The molecule has 0 heterocycles. The Hall–Kier alpha value is -2.58. The zero-order chi connectivity index (χ0) is 18.5. The van der Waals surface area contributed by atoms with E-state index in [-0.39, 0.29) is 0 Å². The van der Waals surface area contributed by atoms with Crippen LogP contribution < -0.4 is 10.1 Å². The van der Waals surface area contributed by atoms with Crippen molar-refractivity contribution in [3.05, 3.63) is 101 Å². The van der Waals surface area contributed by atoms with E-state index in [0.717, 1.165) is 25.1 Å². The molecule has 1 aliphatic carbocycles. The van der Waals surface area contributed by atoms with Gasteiger partial charge >= 0.3 is 0 Å². The monoisotopic (exact) mass is 357 g/mol. The van der Waals surface area contributed by atoms with Gasteiger partial charge in [-0.05, 0) is 59.6 Å². The molecule has 0 amide bonds. The van der Waals surface area contributed by atoms with Gasteiger partial charge in [0.15, 0.2) is 0 Å². The summed E-state index contributed by atoms with van der Waals surface area (Å²) >= 11 is 0. The molecule has 0 radical (unpaired) electrons. The van der Waals surface area contributed by atoms with Crippen molar-refractivity contribution in [3.8, 4) is 5.75 Å². The van der Waals surface area contributed by atoms with Gasteiger partial charge in [-0.2, -0.15) is 0 Å². The number of methoxy groups -OCH3 is 1. The summed E-state index contributed by atoms with van der Waals surface area (Å²) in [5, 5.41) is 3.86. The predicted molar refractivity (Wildman–Crippen MR) is 111 cm³/mol. The highest BCUT2D eigenvalue weighted by molar-refractivity contribution is 5.40. The summed E-state index contributed by atoms with van der Waals surface area (Å²) in [6.07, 6.45) is 3.45. The Morgan fingerprint density at radius 3 is 2.30 bits per heavy atom. The van der Waals surface area contributed by atoms with Gasteiger partial charge in [0, 0.05) is 12.6 Å². The topological polar surface area (TPSA) is 21.3 Å². The van der Waals surface area contributed by atoms with Crippen molar-refractivity contribution in [1.82, 2.24) is 5.32 Å². The summed E-state index contributed by atoms with van der Waals surface area (Å²) in [6, 6.07) is 28.4. The number of benzene rings is 3. The lowest BCUT2D eigenvalue weighted by atomic mass is 9.76. The van der Waals surface area contributed by atoms with E-state index in [9.17, 15) is 0 Å². The van der Waals surface area contributed by atoms with Crippen LogP contribution in [-0.4, -0.2) is 7.11 Å². The van der Waals surface area contributed by atoms with Crippen molar-refractivity contribution in [2.75, 3.05) is 7.11 Å². The van der Waals surface area contributed by atoms with E-state index in [1.807, 2.05) is 0 Å². The Balaban J connectivity index is 1.61. The van der Waals surface area contributed by atoms with E-state index in [4.69, 9.17) is 4.74 Å². The maximum Gasteiger partial charge on any atom is 0.119 e. The van der Waals surface area contributed by atoms with Crippen LogP contribution in [0, 0.1) is 5.92 Å². The van der Waals surface area contributed by atoms with Crippen LogP contribution in [0.3, 0.4) is 0 Å². The number of nitrogens with one attached hydrogen (secondary N) is 1. The SMILES string of the molecule is COc1ccc2c(c1)C(NCc1ccccc1)C(Cc1ccccc1)CC2. The maximum absolute atomic E-state index is 5.52. The van der Waals surface area contributed by atoms with Crippen LogP contribution in [0.4, 0.5) is 0 Å². The molecule has 0 aromatic heterocycles. The number of fused-ring (bicyclic) bond motifs is 1. The average molecular weight is 357 g/mol. The average Bonchev–Trinajstić information content (AvgIpc) is 2.74. The minimum atomic E-state index is 0.337. The molecule has 4 rings (SSSR count). The largest absolute Gasteiger partial charge is 0.497 e. The van der Waals surface area contributed by atoms with E-state index in [1.165, 1.54) is 28.7 Å². The third-order valence-corrected chi connectivity index (χ3v) is 5.65. The summed E-state index contributed by atoms with van der Waals surface area (Å²) in [5.41, 5.74) is 5.59. The van der Waals surface area contributed by atoms with Gasteiger partial charge in [-0.3, -0.25) is 0 Å². The lowest BCUT2D eigenvalue weighted by molar-refractivity contribution is 0.315. The third kappa shape index (κ3) is 4.23. The molecule has 1 N–H and O–H groups in total. The molecule has 0 fully saturated rings. The smallest absolute Gasteiger partial charge is 0.119 e. The molecule has 138 valence electrons. The Bertz CT molecular complexity index is 860. The Kier molecular flexibility index (Phi) is 5.55. The third-order valence-electron chi connectivity index (χ3n) is 5.65. The second-order valence-corrected chi connectivity index (χ2v) is 7.40. The normalized spacial score (nSPS) is 18.7. The Morgan fingerprint density at radius 1 is 0.889 bits per heavy atom. The zero-order valence-electron chi connectivity index (χ0n) is 15.9. The molecule has 2 heteroatoms. The van der Waals surface area contributed by atoms with Gasteiger partial charge in [0.1, 0.15) is 5.75 Å². The highest BCUT2D eigenvalue weighted by Crippen LogP contribution is 2.38. The minimum Gasteiger partial charge on any atom is -0.497 e. The second-order valence-electron chi connectivity index (χ2n) is 7.40. The van der Waals surface area contributed by atoms with Gasteiger partial charge in [0.05, 0.1) is 7.11 Å². The molecule has 0 saturated heterocycles. The molecular formula is C25H27NO. The van der Waals surface area contributed by atoms with Crippen molar-refractivity contribution >= 4 is 0 Å². The molecular weight excluding hydrogens is 330 g/mol. The molecule has 0 bridgehead atoms. The summed E-state index contributed by atoms with van der Waals surface area (Å²) < 4.78 is 5.52. The molecule has 0 aliphatic heterocycles. The van der Waals surface area contributed by atoms with Crippen molar-refractivity contribution < 1.29 is 4.74 Å². The molecule has 2 atom stereocenters. The van der Waals surface area contributed by atoms with Gasteiger partial charge in [-0.1, -0.05) is 66.7 Å². The van der Waals surface area contributed by atoms with Crippen LogP contribution in [0.25, 0.3) is 0 Å². The van der Waals surface area contributed by atoms with Crippen molar-refractivity contribution in [2.24, 2.45) is 5.92 Å². The molecule has 27 heavy (non-hydrogen) atoms. The first-order valence-electron chi connectivity index (χ1n) is 9.81. The number of rotatable bonds is 6. The van der Waals surface area contributed by atoms with E-state index < -0.39 is 0 Å². The van der Waals surface area contributed by atoms with Gasteiger partial charge < -0.3 is 10.1 Å². The first kappa shape index (κ1) is 17.8. The molecule has 1 aliphatic rings. The quantitative estimate of drug-likeness (QED) is 0.644. The fourth-order valence-electron chi connectivity index (χ4n) is 4.22. The van der Waals surface area contributed by atoms with Gasteiger partial charge in [0.25, 0.3) is 0 Å².